The quantitative estimate of drug-likeness (QED) is 0.407. The third kappa shape index (κ3) is 9.62. The summed E-state index contributed by atoms with van der Waals surface area (Å²) in [6.45, 7) is 8.90. The summed E-state index contributed by atoms with van der Waals surface area (Å²) in [4.78, 5) is 0. The maximum absolute atomic E-state index is 5.73. The molecule has 0 heterocycles. The maximum atomic E-state index is 5.73. The van der Waals surface area contributed by atoms with Gasteiger partial charge in [0.2, 0.25) is 0 Å². The zero-order valence-corrected chi connectivity index (χ0v) is 11.5. The van der Waals surface area contributed by atoms with Crippen LogP contribution in [0.1, 0.15) is 0 Å². The molecule has 100 valence electrons. The predicted molar refractivity (Wildman–Crippen MR) is 72.1 cm³/mol. The average Bonchev–Trinajstić information content (AvgIpc) is 2.37. The van der Waals surface area contributed by atoms with Gasteiger partial charge in [0.1, 0.15) is 0 Å². The molecule has 3 nitrogen and oxygen atoms in total. The van der Waals surface area contributed by atoms with E-state index in [4.69, 9.17) is 37.4 Å². The molecule has 0 N–H and O–H groups in total. The monoisotopic (exact) mass is 282 g/mol. The lowest BCUT2D eigenvalue weighted by molar-refractivity contribution is -0.0348. The van der Waals surface area contributed by atoms with Crippen LogP contribution >= 0.6 is 23.2 Å². The van der Waals surface area contributed by atoms with E-state index in [1.807, 2.05) is 0 Å². The van der Waals surface area contributed by atoms with E-state index >= 15 is 0 Å². The summed E-state index contributed by atoms with van der Waals surface area (Å²) in [5.74, 6) is 0.764. The summed E-state index contributed by atoms with van der Waals surface area (Å²) in [5, 5.41) is 0. The minimum Gasteiger partial charge on any atom is -0.376 e. The molecule has 0 bridgehead atoms. The predicted octanol–water partition coefficient (Wildman–Crippen LogP) is 2.62. The first-order chi connectivity index (χ1) is 8.28. The molecule has 0 rings (SSSR count). The van der Waals surface area contributed by atoms with E-state index in [0.29, 0.717) is 38.2 Å². The molecule has 0 saturated heterocycles. The number of hydrogen-bond donors (Lipinski definition) is 0. The Kier molecular flexibility index (Phi) is 12.4. The van der Waals surface area contributed by atoms with Crippen molar-refractivity contribution in [1.29, 1.82) is 0 Å². The highest BCUT2D eigenvalue weighted by Crippen LogP contribution is 2.01. The maximum Gasteiger partial charge on any atom is 0.0947 e. The van der Waals surface area contributed by atoms with Crippen molar-refractivity contribution < 1.29 is 14.2 Å². The van der Waals surface area contributed by atoms with Gasteiger partial charge in [0, 0.05) is 0 Å². The Morgan fingerprint density at radius 3 is 1.59 bits per heavy atom. The van der Waals surface area contributed by atoms with Gasteiger partial charge in [0.15, 0.2) is 0 Å². The van der Waals surface area contributed by atoms with E-state index in [1.165, 1.54) is 0 Å². The van der Waals surface area contributed by atoms with Crippen LogP contribution < -0.4 is 0 Å². The molecule has 5 heteroatoms. The van der Waals surface area contributed by atoms with Crippen molar-refractivity contribution in [2.24, 2.45) is 0 Å². The van der Waals surface area contributed by atoms with Crippen molar-refractivity contribution in [3.63, 3.8) is 0 Å². The number of ether oxygens (including phenoxy) is 3. The third-order valence-electron chi connectivity index (χ3n) is 1.85. The third-order valence-corrected chi connectivity index (χ3v) is 2.54. The number of alkyl halides is 2. The smallest absolute Gasteiger partial charge is 0.0947 e. The van der Waals surface area contributed by atoms with Crippen LogP contribution in [0.4, 0.5) is 0 Å². The Morgan fingerprint density at radius 2 is 1.29 bits per heavy atom. The molecule has 0 saturated carbocycles. The van der Waals surface area contributed by atoms with Crippen LogP contribution in [0.3, 0.4) is 0 Å². The summed E-state index contributed by atoms with van der Waals surface area (Å²) in [6, 6.07) is 0. The summed E-state index contributed by atoms with van der Waals surface area (Å²) in [6.07, 6.45) is 3.08. The van der Waals surface area contributed by atoms with Gasteiger partial charge in [0.05, 0.1) is 50.4 Å². The van der Waals surface area contributed by atoms with Gasteiger partial charge in [-0.15, -0.1) is 36.4 Å². The van der Waals surface area contributed by atoms with Crippen molar-refractivity contribution in [3.8, 4) is 0 Å². The highest BCUT2D eigenvalue weighted by Gasteiger charge is 2.11. The van der Waals surface area contributed by atoms with Gasteiger partial charge in [-0.3, -0.25) is 0 Å². The molecule has 0 aliphatic carbocycles. The van der Waals surface area contributed by atoms with E-state index in [9.17, 15) is 0 Å². The van der Waals surface area contributed by atoms with Crippen molar-refractivity contribution in [2.45, 2.75) is 12.2 Å². The summed E-state index contributed by atoms with van der Waals surface area (Å²) in [5.41, 5.74) is 0. The Labute approximate surface area is 113 Å². The van der Waals surface area contributed by atoms with E-state index in [0.717, 1.165) is 0 Å². The highest BCUT2D eigenvalue weighted by atomic mass is 35.5. The lowest BCUT2D eigenvalue weighted by atomic mass is 10.4. The summed E-state index contributed by atoms with van der Waals surface area (Å²) >= 11 is 11.5. The molecule has 0 aliphatic rings. The minimum absolute atomic E-state index is 0.134. The SMILES string of the molecule is C=CCOC(CCl)COCC(CCl)OCC=C. The van der Waals surface area contributed by atoms with Crippen LogP contribution in [0.5, 0.6) is 0 Å². The summed E-state index contributed by atoms with van der Waals surface area (Å²) < 4.78 is 16.2. The second kappa shape index (κ2) is 12.4. The Balaban J connectivity index is 3.68. The molecule has 0 aromatic heterocycles. The van der Waals surface area contributed by atoms with E-state index < -0.39 is 0 Å². The molecule has 2 atom stereocenters. The van der Waals surface area contributed by atoms with Crippen LogP contribution in [0.2, 0.25) is 0 Å². The van der Waals surface area contributed by atoms with E-state index in [-0.39, 0.29) is 12.2 Å². The lowest BCUT2D eigenvalue weighted by Crippen LogP contribution is -2.27. The number of halogens is 2. The fourth-order valence-electron chi connectivity index (χ4n) is 1.01. The molecule has 17 heavy (non-hydrogen) atoms. The van der Waals surface area contributed by atoms with E-state index in [1.54, 1.807) is 12.2 Å². The fraction of sp³-hybridized carbons (Fsp3) is 0.667. The van der Waals surface area contributed by atoms with Gasteiger partial charge in [0.25, 0.3) is 0 Å². The second-order valence-corrected chi connectivity index (χ2v) is 3.95. The zero-order chi connectivity index (χ0) is 12.9. The van der Waals surface area contributed by atoms with Crippen LogP contribution in [0, 0.1) is 0 Å². The lowest BCUT2D eigenvalue weighted by Gasteiger charge is -2.18. The second-order valence-electron chi connectivity index (χ2n) is 3.33. The normalized spacial score (nSPS) is 14.2. The first-order valence-electron chi connectivity index (χ1n) is 5.43. The van der Waals surface area contributed by atoms with Crippen LogP contribution in [0.25, 0.3) is 0 Å². The molecule has 0 fully saturated rings. The molecule has 0 amide bonds. The zero-order valence-electron chi connectivity index (χ0n) is 9.95. The van der Waals surface area contributed by atoms with Crippen molar-refractivity contribution >= 4 is 23.2 Å². The van der Waals surface area contributed by atoms with Gasteiger partial charge in [-0.1, -0.05) is 12.2 Å². The Hall–Kier alpha value is -0.0600. The molecule has 0 radical (unpaired) electrons. The van der Waals surface area contributed by atoms with Gasteiger partial charge < -0.3 is 14.2 Å². The topological polar surface area (TPSA) is 27.7 Å². The fourth-order valence-corrected chi connectivity index (χ4v) is 1.37. The molecule has 0 aromatic rings. The van der Waals surface area contributed by atoms with E-state index in [2.05, 4.69) is 13.2 Å². The molecule has 0 aliphatic heterocycles. The molecular weight excluding hydrogens is 263 g/mol. The number of rotatable bonds is 12. The van der Waals surface area contributed by atoms with Crippen LogP contribution in [-0.4, -0.2) is 50.4 Å². The van der Waals surface area contributed by atoms with Crippen molar-refractivity contribution in [1.82, 2.24) is 0 Å². The van der Waals surface area contributed by atoms with Gasteiger partial charge >= 0.3 is 0 Å². The average molecular weight is 283 g/mol. The Morgan fingerprint density at radius 1 is 0.882 bits per heavy atom. The first kappa shape index (κ1) is 16.9. The van der Waals surface area contributed by atoms with Crippen LogP contribution in [-0.2, 0) is 14.2 Å². The standard InChI is InChI=1S/C12H20Cl2O3/c1-3-5-16-11(7-13)9-15-10-12(8-14)17-6-4-2/h3-4,11-12H,1-2,5-10H2. The van der Waals surface area contributed by atoms with Crippen molar-refractivity contribution in [3.05, 3.63) is 25.3 Å². The Bertz CT molecular complexity index is 180. The van der Waals surface area contributed by atoms with Gasteiger partial charge in [-0.25, -0.2) is 0 Å². The minimum atomic E-state index is -0.134. The first-order valence-corrected chi connectivity index (χ1v) is 6.50. The van der Waals surface area contributed by atoms with Crippen molar-refractivity contribution in [2.75, 3.05) is 38.2 Å². The largest absolute Gasteiger partial charge is 0.376 e. The molecular formula is C12H20Cl2O3. The molecule has 2 unspecified atom stereocenters. The summed E-state index contributed by atoms with van der Waals surface area (Å²) in [7, 11) is 0. The molecule has 0 spiro atoms. The van der Waals surface area contributed by atoms with Gasteiger partial charge in [-0.05, 0) is 0 Å². The molecule has 0 aromatic carbocycles. The van der Waals surface area contributed by atoms with Gasteiger partial charge in [-0.2, -0.15) is 0 Å². The van der Waals surface area contributed by atoms with Crippen LogP contribution in [0.15, 0.2) is 25.3 Å². The number of hydrogen-bond acceptors (Lipinski definition) is 3. The highest BCUT2D eigenvalue weighted by molar-refractivity contribution is 6.18.